The maximum atomic E-state index is 12.6. The Balaban J connectivity index is 1.74. The molecular weight excluding hydrogens is 396 g/mol. The number of rotatable bonds is 9. The van der Waals surface area contributed by atoms with Crippen LogP contribution in [0.1, 0.15) is 39.9 Å². The topological polar surface area (TPSA) is 119 Å². The summed E-state index contributed by atoms with van der Waals surface area (Å²) >= 11 is 0. The third-order valence-corrected chi connectivity index (χ3v) is 5.10. The zero-order chi connectivity index (χ0) is 22.4. The Morgan fingerprint density at radius 3 is 2.06 bits per heavy atom. The third-order valence-electron chi connectivity index (χ3n) is 5.10. The van der Waals surface area contributed by atoms with Gasteiger partial charge in [0.1, 0.15) is 11.4 Å². The first-order valence-corrected chi connectivity index (χ1v) is 9.94. The molecule has 0 radical (unpaired) electrons. The quantitative estimate of drug-likeness (QED) is 0.419. The van der Waals surface area contributed by atoms with Gasteiger partial charge in [-0.1, -0.05) is 61.5 Å². The number of nitrogens with one attached hydrogen (secondary N) is 2. The Kier molecular flexibility index (Phi) is 6.87. The number of benzene rings is 2. The molecular formula is C24H24N2O5. The highest BCUT2D eigenvalue weighted by atomic mass is 16.4. The van der Waals surface area contributed by atoms with Gasteiger partial charge in [0.05, 0.1) is 5.92 Å². The maximum Gasteiger partial charge on any atom is 0.352 e. The number of carboxylic acid groups (broad SMARTS) is 2. The van der Waals surface area contributed by atoms with Gasteiger partial charge >= 0.3 is 11.9 Å². The van der Waals surface area contributed by atoms with Crippen molar-refractivity contribution in [1.82, 2.24) is 10.3 Å². The number of hydrogen-bond donors (Lipinski definition) is 4. The highest BCUT2D eigenvalue weighted by molar-refractivity contribution is 5.95. The largest absolute Gasteiger partial charge is 0.481 e. The van der Waals surface area contributed by atoms with Gasteiger partial charge in [-0.25, -0.2) is 4.79 Å². The first-order chi connectivity index (χ1) is 14.8. The van der Waals surface area contributed by atoms with Crippen molar-refractivity contribution in [2.75, 3.05) is 0 Å². The number of carboxylic acids is 2. The fourth-order valence-corrected chi connectivity index (χ4v) is 3.38. The van der Waals surface area contributed by atoms with E-state index in [4.69, 9.17) is 5.11 Å². The second kappa shape index (κ2) is 9.75. The summed E-state index contributed by atoms with van der Waals surface area (Å²) in [5.41, 5.74) is 3.15. The van der Waals surface area contributed by atoms with Crippen LogP contribution in [0.3, 0.4) is 0 Å². The Labute approximate surface area is 179 Å². The van der Waals surface area contributed by atoms with E-state index in [1.165, 1.54) is 12.1 Å². The van der Waals surface area contributed by atoms with Crippen LogP contribution >= 0.6 is 0 Å². The smallest absolute Gasteiger partial charge is 0.352 e. The molecule has 1 aromatic heterocycles. The van der Waals surface area contributed by atoms with E-state index in [-0.39, 0.29) is 17.8 Å². The Bertz CT molecular complexity index is 1060. The monoisotopic (exact) mass is 420 g/mol. The van der Waals surface area contributed by atoms with Gasteiger partial charge in [-0.15, -0.1) is 0 Å². The summed E-state index contributed by atoms with van der Waals surface area (Å²) in [5, 5.41) is 21.1. The predicted octanol–water partition coefficient (Wildman–Crippen LogP) is 3.83. The second-order valence-electron chi connectivity index (χ2n) is 7.50. The van der Waals surface area contributed by atoms with Crippen LogP contribution in [-0.2, 0) is 11.2 Å². The van der Waals surface area contributed by atoms with Crippen molar-refractivity contribution in [1.29, 1.82) is 0 Å². The van der Waals surface area contributed by atoms with E-state index in [0.717, 1.165) is 16.7 Å². The highest BCUT2D eigenvalue weighted by Gasteiger charge is 2.22. The van der Waals surface area contributed by atoms with Crippen LogP contribution in [0.5, 0.6) is 0 Å². The molecule has 3 rings (SSSR count). The number of aromatic carboxylic acids is 1. The zero-order valence-corrected chi connectivity index (χ0v) is 17.0. The van der Waals surface area contributed by atoms with Crippen LogP contribution in [0.25, 0.3) is 11.1 Å². The minimum absolute atomic E-state index is 0.0860. The molecule has 0 aliphatic rings. The van der Waals surface area contributed by atoms with Crippen molar-refractivity contribution in [3.63, 3.8) is 0 Å². The first-order valence-electron chi connectivity index (χ1n) is 9.94. The molecule has 2 unspecified atom stereocenters. The predicted molar refractivity (Wildman–Crippen MR) is 116 cm³/mol. The van der Waals surface area contributed by atoms with Gasteiger partial charge in [0.15, 0.2) is 0 Å². The number of amides is 1. The number of H-pyrrole nitrogens is 1. The zero-order valence-electron chi connectivity index (χ0n) is 17.0. The molecule has 2 atom stereocenters. The van der Waals surface area contributed by atoms with Gasteiger partial charge in [0.2, 0.25) is 0 Å². The molecule has 31 heavy (non-hydrogen) atoms. The van der Waals surface area contributed by atoms with E-state index in [1.54, 1.807) is 6.92 Å². The van der Waals surface area contributed by atoms with Crippen molar-refractivity contribution in [2.45, 2.75) is 25.8 Å². The van der Waals surface area contributed by atoms with E-state index in [0.29, 0.717) is 6.42 Å². The summed E-state index contributed by atoms with van der Waals surface area (Å²) in [6.07, 6.45) is 0.693. The van der Waals surface area contributed by atoms with Gasteiger partial charge in [-0.3, -0.25) is 9.59 Å². The Morgan fingerprint density at radius 2 is 1.48 bits per heavy atom. The van der Waals surface area contributed by atoms with Crippen LogP contribution < -0.4 is 5.32 Å². The minimum Gasteiger partial charge on any atom is -0.481 e. The molecule has 3 aromatic rings. The molecule has 0 bridgehead atoms. The average Bonchev–Trinajstić information content (AvgIpc) is 3.25. The van der Waals surface area contributed by atoms with Gasteiger partial charge in [-0.2, -0.15) is 0 Å². The summed E-state index contributed by atoms with van der Waals surface area (Å²) < 4.78 is 0. The van der Waals surface area contributed by atoms with Crippen molar-refractivity contribution >= 4 is 17.8 Å². The number of carbonyl (C=O) groups is 3. The minimum atomic E-state index is -1.16. The molecule has 7 nitrogen and oxygen atoms in total. The summed E-state index contributed by atoms with van der Waals surface area (Å²) in [5.74, 6) is -3.22. The molecule has 2 aromatic carbocycles. The number of aromatic nitrogens is 1. The van der Waals surface area contributed by atoms with E-state index in [2.05, 4.69) is 10.3 Å². The molecule has 0 spiro atoms. The highest BCUT2D eigenvalue weighted by Crippen LogP contribution is 2.21. The number of hydrogen-bond acceptors (Lipinski definition) is 3. The normalized spacial score (nSPS) is 12.7. The number of carbonyl (C=O) groups excluding carboxylic acids is 1. The number of aromatic amines is 1. The van der Waals surface area contributed by atoms with E-state index in [9.17, 15) is 19.5 Å². The van der Waals surface area contributed by atoms with Crippen LogP contribution in [0, 0.1) is 5.92 Å². The molecule has 0 saturated carbocycles. The maximum absolute atomic E-state index is 12.6. The second-order valence-corrected chi connectivity index (χ2v) is 7.50. The SMILES string of the molecule is CC(CC(Cc1ccc(-c2ccccc2)cc1)NC(=O)c1ccc(C(=O)O)[nH]1)C(=O)O. The lowest BCUT2D eigenvalue weighted by molar-refractivity contribution is -0.141. The van der Waals surface area contributed by atoms with Crippen molar-refractivity contribution in [3.8, 4) is 11.1 Å². The summed E-state index contributed by atoms with van der Waals surface area (Å²) in [6.45, 7) is 1.59. The van der Waals surface area contributed by atoms with Crippen molar-refractivity contribution < 1.29 is 24.6 Å². The summed E-state index contributed by atoms with van der Waals surface area (Å²) in [4.78, 5) is 37.5. The van der Waals surface area contributed by atoms with Gasteiger partial charge in [0, 0.05) is 6.04 Å². The summed E-state index contributed by atoms with van der Waals surface area (Å²) in [7, 11) is 0. The molecule has 0 aliphatic carbocycles. The molecule has 0 saturated heterocycles. The molecule has 0 aliphatic heterocycles. The van der Waals surface area contributed by atoms with Crippen molar-refractivity contribution in [3.05, 3.63) is 83.7 Å². The van der Waals surface area contributed by atoms with E-state index >= 15 is 0 Å². The lowest BCUT2D eigenvalue weighted by Crippen LogP contribution is -2.38. The van der Waals surface area contributed by atoms with E-state index < -0.39 is 29.8 Å². The molecule has 7 heteroatoms. The van der Waals surface area contributed by atoms with Crippen LogP contribution in [0.2, 0.25) is 0 Å². The van der Waals surface area contributed by atoms with Gasteiger partial charge < -0.3 is 20.5 Å². The molecule has 160 valence electrons. The van der Waals surface area contributed by atoms with E-state index in [1.807, 2.05) is 54.6 Å². The standard InChI is InChI=1S/C24H24N2O5/c1-15(23(28)29)13-19(25-22(27)20-11-12-21(26-20)24(30)31)14-16-7-9-18(10-8-16)17-5-3-2-4-6-17/h2-12,15,19,26H,13-14H2,1H3,(H,25,27)(H,28,29)(H,30,31). The Hall–Kier alpha value is -3.87. The molecule has 4 N–H and O–H groups in total. The lowest BCUT2D eigenvalue weighted by atomic mass is 9.95. The fourth-order valence-electron chi connectivity index (χ4n) is 3.38. The van der Waals surface area contributed by atoms with Gasteiger partial charge in [-0.05, 0) is 41.7 Å². The van der Waals surface area contributed by atoms with Crippen molar-refractivity contribution in [2.24, 2.45) is 5.92 Å². The summed E-state index contributed by atoms with van der Waals surface area (Å²) in [6, 6.07) is 20.1. The van der Waals surface area contributed by atoms with Gasteiger partial charge in [0.25, 0.3) is 5.91 Å². The average molecular weight is 420 g/mol. The molecule has 0 fully saturated rings. The van der Waals surface area contributed by atoms with Crippen LogP contribution in [-0.4, -0.2) is 39.1 Å². The molecule has 1 heterocycles. The van der Waals surface area contributed by atoms with Crippen LogP contribution in [0.4, 0.5) is 0 Å². The Morgan fingerprint density at radius 1 is 0.871 bits per heavy atom. The first kappa shape index (κ1) is 21.8. The molecule has 1 amide bonds. The number of aliphatic carboxylic acids is 1. The fraction of sp³-hybridized carbons (Fsp3) is 0.208. The lowest BCUT2D eigenvalue weighted by Gasteiger charge is -2.21. The third kappa shape index (κ3) is 5.82. The van der Waals surface area contributed by atoms with Crippen LogP contribution in [0.15, 0.2) is 66.7 Å².